The van der Waals surface area contributed by atoms with Crippen LogP contribution in [0.4, 0.5) is 4.79 Å². The maximum absolute atomic E-state index is 12.6. The Morgan fingerprint density at radius 1 is 1.39 bits per heavy atom. The van der Waals surface area contributed by atoms with Gasteiger partial charge in [0.05, 0.1) is 18.3 Å². The monoisotopic (exact) mass is 335 g/mol. The van der Waals surface area contributed by atoms with Crippen LogP contribution in [-0.4, -0.2) is 28.2 Å². The highest BCUT2D eigenvalue weighted by atomic mass is 32.1. The number of hydrogen-bond donors (Lipinski definition) is 1. The van der Waals surface area contributed by atoms with E-state index in [-0.39, 0.29) is 18.7 Å². The topological polar surface area (TPSA) is 90.3 Å². The molecule has 7 nitrogen and oxygen atoms in total. The molecule has 122 valence electrons. The van der Waals surface area contributed by atoms with Gasteiger partial charge in [0, 0.05) is 4.88 Å². The molecule has 2 aromatic heterocycles. The van der Waals surface area contributed by atoms with Crippen LogP contribution in [0.15, 0.2) is 11.1 Å². The van der Waals surface area contributed by atoms with Crippen LogP contribution in [0.5, 0.6) is 0 Å². The lowest BCUT2D eigenvalue weighted by molar-refractivity contribution is -0.121. The molecule has 0 fully saturated rings. The van der Waals surface area contributed by atoms with Gasteiger partial charge in [-0.2, -0.15) is 0 Å². The van der Waals surface area contributed by atoms with E-state index in [1.54, 1.807) is 18.3 Å². The van der Waals surface area contributed by atoms with E-state index in [1.807, 2.05) is 0 Å². The summed E-state index contributed by atoms with van der Waals surface area (Å²) < 4.78 is 5.88. The molecular formula is C15H17N3O4S. The molecule has 0 aliphatic heterocycles. The fraction of sp³-hybridized carbons (Fsp3) is 0.467. The van der Waals surface area contributed by atoms with E-state index < -0.39 is 12.0 Å². The van der Waals surface area contributed by atoms with Gasteiger partial charge < -0.3 is 4.74 Å². The fourth-order valence-electron chi connectivity index (χ4n) is 2.77. The van der Waals surface area contributed by atoms with Crippen molar-refractivity contribution in [2.24, 2.45) is 0 Å². The molecule has 2 heterocycles. The molecule has 1 aliphatic carbocycles. The second kappa shape index (κ2) is 6.49. The average molecular weight is 335 g/mol. The van der Waals surface area contributed by atoms with E-state index in [4.69, 9.17) is 0 Å². The lowest BCUT2D eigenvalue weighted by Gasteiger charge is -2.10. The van der Waals surface area contributed by atoms with Gasteiger partial charge in [-0.3, -0.25) is 19.5 Å². The van der Waals surface area contributed by atoms with E-state index in [9.17, 15) is 14.4 Å². The van der Waals surface area contributed by atoms with Gasteiger partial charge in [-0.15, -0.1) is 11.3 Å². The number of imide groups is 1. The number of nitrogens with zero attached hydrogens (tertiary/aromatic N) is 2. The number of aryl methyl sites for hydroxylation is 2. The van der Waals surface area contributed by atoms with Crippen molar-refractivity contribution < 1.29 is 14.3 Å². The quantitative estimate of drug-likeness (QED) is 0.920. The molecule has 0 radical (unpaired) electrons. The molecule has 0 spiro atoms. The standard InChI is InChI=1S/C15H17N3O4S/c1-2-22-15(21)17-11(19)7-18-8-16-13-12(14(18)20)9-5-3-4-6-10(9)23-13/h8H,2-7H2,1H3,(H,17,19,21). The van der Waals surface area contributed by atoms with Gasteiger partial charge in [0.2, 0.25) is 5.91 Å². The number of carbonyl (C=O) groups is 2. The van der Waals surface area contributed by atoms with Crippen LogP contribution in [0.3, 0.4) is 0 Å². The van der Waals surface area contributed by atoms with E-state index in [2.05, 4.69) is 15.0 Å². The summed E-state index contributed by atoms with van der Waals surface area (Å²) in [4.78, 5) is 41.9. The minimum atomic E-state index is -0.813. The number of fused-ring (bicyclic) bond motifs is 3. The number of ether oxygens (including phenoxy) is 1. The highest BCUT2D eigenvalue weighted by Crippen LogP contribution is 2.33. The average Bonchev–Trinajstić information content (AvgIpc) is 2.89. The molecule has 8 heteroatoms. The Bertz CT molecular complexity index is 824. The molecule has 23 heavy (non-hydrogen) atoms. The van der Waals surface area contributed by atoms with Crippen molar-refractivity contribution in [1.82, 2.24) is 14.9 Å². The van der Waals surface area contributed by atoms with Crippen molar-refractivity contribution in [2.75, 3.05) is 6.61 Å². The molecule has 0 saturated carbocycles. The lowest BCUT2D eigenvalue weighted by Crippen LogP contribution is -2.36. The summed E-state index contributed by atoms with van der Waals surface area (Å²) in [6.45, 7) is 1.56. The van der Waals surface area contributed by atoms with E-state index >= 15 is 0 Å². The van der Waals surface area contributed by atoms with Crippen molar-refractivity contribution >= 4 is 33.6 Å². The zero-order chi connectivity index (χ0) is 16.4. The van der Waals surface area contributed by atoms with Gasteiger partial charge in [-0.1, -0.05) is 0 Å². The normalized spacial score (nSPS) is 13.6. The van der Waals surface area contributed by atoms with Crippen molar-refractivity contribution in [1.29, 1.82) is 0 Å². The minimum absolute atomic E-state index is 0.174. The molecule has 1 aliphatic rings. The first-order valence-electron chi connectivity index (χ1n) is 7.56. The number of alkyl carbamates (subject to hydrolysis) is 1. The summed E-state index contributed by atoms with van der Waals surface area (Å²) in [6, 6.07) is 0. The molecular weight excluding hydrogens is 318 g/mol. The van der Waals surface area contributed by atoms with Crippen LogP contribution >= 0.6 is 11.3 Å². The molecule has 0 aromatic carbocycles. The maximum Gasteiger partial charge on any atom is 0.413 e. The number of carbonyl (C=O) groups excluding carboxylic acids is 2. The molecule has 1 N–H and O–H groups in total. The zero-order valence-electron chi connectivity index (χ0n) is 12.8. The van der Waals surface area contributed by atoms with E-state index in [1.165, 1.54) is 15.8 Å². The van der Waals surface area contributed by atoms with E-state index in [0.29, 0.717) is 5.39 Å². The third-order valence-electron chi connectivity index (χ3n) is 3.77. The number of rotatable bonds is 3. The second-order valence-corrected chi connectivity index (χ2v) is 6.42. The third kappa shape index (κ3) is 3.12. The number of amides is 2. The summed E-state index contributed by atoms with van der Waals surface area (Å²) >= 11 is 1.56. The molecule has 3 rings (SSSR count). The number of aromatic nitrogens is 2. The van der Waals surface area contributed by atoms with Crippen molar-refractivity contribution in [2.45, 2.75) is 39.2 Å². The predicted octanol–water partition coefficient (Wildman–Crippen LogP) is 1.61. The third-order valence-corrected chi connectivity index (χ3v) is 4.97. The molecule has 0 bridgehead atoms. The molecule has 0 atom stereocenters. The van der Waals surface area contributed by atoms with Crippen molar-refractivity contribution in [3.63, 3.8) is 0 Å². The molecule has 0 unspecified atom stereocenters. The Morgan fingerprint density at radius 2 is 2.17 bits per heavy atom. The van der Waals surface area contributed by atoms with Gasteiger partial charge in [0.25, 0.3) is 5.56 Å². The summed E-state index contributed by atoms with van der Waals surface area (Å²) in [7, 11) is 0. The van der Waals surface area contributed by atoms with Gasteiger partial charge in [-0.05, 0) is 38.2 Å². The number of nitrogens with one attached hydrogen (secondary N) is 1. The van der Waals surface area contributed by atoms with Crippen molar-refractivity contribution in [3.05, 3.63) is 27.1 Å². The molecule has 2 aromatic rings. The summed E-state index contributed by atoms with van der Waals surface area (Å²) in [5.74, 6) is -0.601. The van der Waals surface area contributed by atoms with Crippen LogP contribution < -0.4 is 10.9 Å². The van der Waals surface area contributed by atoms with Gasteiger partial charge in [-0.25, -0.2) is 9.78 Å². The van der Waals surface area contributed by atoms with Gasteiger partial charge in [0.1, 0.15) is 11.4 Å². The number of hydrogen-bond acceptors (Lipinski definition) is 6. The summed E-state index contributed by atoms with van der Waals surface area (Å²) in [6.07, 6.45) is 4.61. The first-order valence-corrected chi connectivity index (χ1v) is 8.38. The van der Waals surface area contributed by atoms with E-state index in [0.717, 1.165) is 36.1 Å². The summed E-state index contributed by atoms with van der Waals surface area (Å²) in [5.41, 5.74) is 0.849. The highest BCUT2D eigenvalue weighted by molar-refractivity contribution is 7.18. The Morgan fingerprint density at radius 3 is 2.96 bits per heavy atom. The second-order valence-electron chi connectivity index (χ2n) is 5.34. The van der Waals surface area contributed by atoms with Crippen LogP contribution in [0.2, 0.25) is 0 Å². The maximum atomic E-state index is 12.6. The smallest absolute Gasteiger partial charge is 0.413 e. The SMILES string of the molecule is CCOC(=O)NC(=O)Cn1cnc2sc3c(c2c1=O)CCCC3. The van der Waals surface area contributed by atoms with Gasteiger partial charge >= 0.3 is 6.09 Å². The Balaban J connectivity index is 1.87. The first-order chi connectivity index (χ1) is 11.1. The zero-order valence-corrected chi connectivity index (χ0v) is 13.6. The Hall–Kier alpha value is -2.22. The first kappa shape index (κ1) is 15.7. The van der Waals surface area contributed by atoms with Crippen LogP contribution in [0.25, 0.3) is 10.2 Å². The largest absolute Gasteiger partial charge is 0.450 e. The van der Waals surface area contributed by atoms with Gasteiger partial charge in [0.15, 0.2) is 0 Å². The van der Waals surface area contributed by atoms with Crippen LogP contribution in [-0.2, 0) is 28.9 Å². The molecule has 2 amide bonds. The van der Waals surface area contributed by atoms with Crippen LogP contribution in [0, 0.1) is 0 Å². The minimum Gasteiger partial charge on any atom is -0.450 e. The molecule has 0 saturated heterocycles. The van der Waals surface area contributed by atoms with Crippen LogP contribution in [0.1, 0.15) is 30.2 Å². The summed E-state index contributed by atoms with van der Waals surface area (Å²) in [5, 5.41) is 2.70. The Labute approximate surface area is 136 Å². The lowest BCUT2D eigenvalue weighted by atomic mass is 9.97. The Kier molecular flexibility index (Phi) is 4.42. The fourth-order valence-corrected chi connectivity index (χ4v) is 3.99. The predicted molar refractivity (Wildman–Crippen MR) is 85.7 cm³/mol. The van der Waals surface area contributed by atoms with Crippen molar-refractivity contribution in [3.8, 4) is 0 Å². The highest BCUT2D eigenvalue weighted by Gasteiger charge is 2.20. The number of thiophene rings is 1.